The third kappa shape index (κ3) is 4.75. The van der Waals surface area contributed by atoms with E-state index in [2.05, 4.69) is 53.3 Å². The van der Waals surface area contributed by atoms with E-state index in [1.54, 1.807) is 0 Å². The third-order valence-corrected chi connectivity index (χ3v) is 9.62. The summed E-state index contributed by atoms with van der Waals surface area (Å²) in [6.45, 7) is 6.43. The van der Waals surface area contributed by atoms with Crippen LogP contribution in [0, 0.1) is 6.92 Å². The number of aryl methyl sites for hydroxylation is 1. The van der Waals surface area contributed by atoms with Gasteiger partial charge >= 0.3 is 0 Å². The minimum atomic E-state index is -2.95. The molecule has 7 nitrogen and oxygen atoms in total. The molecule has 0 aromatic heterocycles. The number of piperazine rings is 1. The second-order valence-electron chi connectivity index (χ2n) is 9.07. The lowest BCUT2D eigenvalue weighted by atomic mass is 10.1. The first kappa shape index (κ1) is 22.3. The molecule has 1 amide bonds. The van der Waals surface area contributed by atoms with Crippen molar-refractivity contribution < 1.29 is 13.2 Å². The first-order valence-corrected chi connectivity index (χ1v) is 13.9. The number of anilines is 2. The van der Waals surface area contributed by atoms with Crippen molar-refractivity contribution in [1.82, 2.24) is 4.90 Å². The lowest BCUT2D eigenvalue weighted by molar-refractivity contribution is 0.0726. The minimum Gasteiger partial charge on any atom is -0.365 e. The van der Waals surface area contributed by atoms with Gasteiger partial charge in [-0.05, 0) is 50.2 Å². The summed E-state index contributed by atoms with van der Waals surface area (Å²) in [5.41, 5.74) is 3.95. The summed E-state index contributed by atoms with van der Waals surface area (Å²) in [6, 6.07) is 16.1. The van der Waals surface area contributed by atoms with E-state index in [9.17, 15) is 13.2 Å². The Kier molecular flexibility index (Phi) is 5.86. The molecule has 0 radical (unpaired) electrons. The van der Waals surface area contributed by atoms with E-state index in [4.69, 9.17) is 0 Å². The van der Waals surface area contributed by atoms with Crippen LogP contribution < -0.4 is 10.2 Å². The summed E-state index contributed by atoms with van der Waals surface area (Å²) < 4.78 is 23.4. The molecular weight excluding hydrogens is 456 g/mol. The molecule has 9 heteroatoms. The number of carbonyl (C=O) groups excluding carboxylic acids is 1. The van der Waals surface area contributed by atoms with E-state index < -0.39 is 9.84 Å². The van der Waals surface area contributed by atoms with E-state index in [0.717, 1.165) is 17.4 Å². The summed E-state index contributed by atoms with van der Waals surface area (Å²) in [6.07, 6.45) is 0. The van der Waals surface area contributed by atoms with Gasteiger partial charge in [0.05, 0.1) is 17.5 Å². The Morgan fingerprint density at radius 3 is 2.45 bits per heavy atom. The van der Waals surface area contributed by atoms with E-state index in [-0.39, 0.29) is 34.7 Å². The Morgan fingerprint density at radius 2 is 1.79 bits per heavy atom. The number of aliphatic imine (C=N–C) groups is 1. The molecule has 0 aliphatic carbocycles. The highest BCUT2D eigenvalue weighted by molar-refractivity contribution is 8.15. The Hall–Kier alpha value is -2.52. The van der Waals surface area contributed by atoms with Crippen molar-refractivity contribution in [3.63, 3.8) is 0 Å². The second-order valence-corrected chi connectivity index (χ2v) is 12.4. The largest absolute Gasteiger partial charge is 0.365 e. The molecule has 2 aromatic rings. The van der Waals surface area contributed by atoms with Crippen LogP contribution in [0.15, 0.2) is 53.5 Å². The fourth-order valence-corrected chi connectivity index (χ4v) is 8.36. The molecule has 2 aromatic carbocycles. The number of amidine groups is 1. The van der Waals surface area contributed by atoms with E-state index >= 15 is 0 Å². The standard InChI is InChI=1S/C24H28N4O3S2/c1-16-3-9-20(10-4-16)28-12-11-27(13-17(28)2)23(29)18-5-7-19(8-6-18)25-24-26-21-14-33(30,31)15-22(21)32-24/h3-10,17,21-22H,11-15H2,1-2H3,(H,25,26). The smallest absolute Gasteiger partial charge is 0.253 e. The molecule has 3 aliphatic rings. The van der Waals surface area contributed by atoms with Gasteiger partial charge in [0.1, 0.15) is 0 Å². The fraction of sp³-hybridized carbons (Fsp3) is 0.417. The molecule has 3 heterocycles. The number of carbonyl (C=O) groups is 1. The van der Waals surface area contributed by atoms with Gasteiger partial charge in [0.2, 0.25) is 0 Å². The van der Waals surface area contributed by atoms with Gasteiger partial charge in [0.15, 0.2) is 15.0 Å². The Balaban J connectivity index is 1.19. The summed E-state index contributed by atoms with van der Waals surface area (Å²) >= 11 is 1.49. The van der Waals surface area contributed by atoms with Crippen molar-refractivity contribution in [3.05, 3.63) is 59.7 Å². The molecule has 0 spiro atoms. The normalized spacial score (nSPS) is 26.1. The molecular formula is C24H28N4O3S2. The molecule has 3 aliphatic heterocycles. The van der Waals surface area contributed by atoms with Gasteiger partial charge in [-0.3, -0.25) is 9.79 Å². The highest BCUT2D eigenvalue weighted by Crippen LogP contribution is 2.34. The number of hydrogen-bond donors (Lipinski definition) is 1. The van der Waals surface area contributed by atoms with Crippen LogP contribution in [0.1, 0.15) is 22.8 Å². The zero-order chi connectivity index (χ0) is 23.2. The van der Waals surface area contributed by atoms with Crippen molar-refractivity contribution in [3.8, 4) is 0 Å². The van der Waals surface area contributed by atoms with Crippen LogP contribution in [0.25, 0.3) is 0 Å². The maximum atomic E-state index is 13.1. The van der Waals surface area contributed by atoms with Crippen molar-refractivity contribution in [2.75, 3.05) is 41.4 Å². The summed E-state index contributed by atoms with van der Waals surface area (Å²) in [5.74, 6) is 0.378. The molecule has 3 atom stereocenters. The molecule has 0 saturated carbocycles. The van der Waals surface area contributed by atoms with E-state index in [1.165, 1.54) is 23.0 Å². The predicted octanol–water partition coefficient (Wildman–Crippen LogP) is 3.03. The molecule has 2 fully saturated rings. The number of nitrogens with zero attached hydrogens (tertiary/aromatic N) is 3. The Morgan fingerprint density at radius 1 is 1.06 bits per heavy atom. The molecule has 0 bridgehead atoms. The zero-order valence-electron chi connectivity index (χ0n) is 18.8. The van der Waals surface area contributed by atoms with Crippen LogP contribution in [0.3, 0.4) is 0 Å². The maximum Gasteiger partial charge on any atom is 0.253 e. The van der Waals surface area contributed by atoms with Gasteiger partial charge in [0, 0.05) is 47.9 Å². The zero-order valence-corrected chi connectivity index (χ0v) is 20.4. The molecule has 2 saturated heterocycles. The fourth-order valence-electron chi connectivity index (χ4n) is 4.68. The average Bonchev–Trinajstić information content (AvgIpc) is 3.27. The first-order valence-electron chi connectivity index (χ1n) is 11.2. The number of nitrogens with one attached hydrogen (secondary N) is 1. The topological polar surface area (TPSA) is 82.1 Å². The van der Waals surface area contributed by atoms with E-state index in [0.29, 0.717) is 18.7 Å². The number of rotatable bonds is 3. The highest BCUT2D eigenvalue weighted by Gasteiger charge is 2.42. The Labute approximate surface area is 199 Å². The van der Waals surface area contributed by atoms with Crippen molar-refractivity contribution in [2.24, 2.45) is 4.99 Å². The predicted molar refractivity (Wildman–Crippen MR) is 135 cm³/mol. The average molecular weight is 485 g/mol. The molecule has 33 heavy (non-hydrogen) atoms. The Bertz CT molecular complexity index is 1180. The number of benzene rings is 2. The number of hydrogen-bond acceptors (Lipinski definition) is 7. The van der Waals surface area contributed by atoms with Gasteiger partial charge in [-0.2, -0.15) is 0 Å². The number of amides is 1. The third-order valence-electron chi connectivity index (χ3n) is 6.48. The lowest BCUT2D eigenvalue weighted by Crippen LogP contribution is -2.53. The van der Waals surface area contributed by atoms with Crippen LogP contribution in [0.5, 0.6) is 0 Å². The molecule has 1 N–H and O–H groups in total. The first-order chi connectivity index (χ1) is 15.8. The lowest BCUT2D eigenvalue weighted by Gasteiger charge is -2.41. The van der Waals surface area contributed by atoms with Gasteiger partial charge in [-0.25, -0.2) is 8.42 Å². The maximum absolute atomic E-state index is 13.1. The minimum absolute atomic E-state index is 0.0129. The summed E-state index contributed by atoms with van der Waals surface area (Å²) in [5, 5.41) is 4.03. The molecule has 3 unspecified atom stereocenters. The van der Waals surface area contributed by atoms with Gasteiger partial charge < -0.3 is 15.1 Å². The van der Waals surface area contributed by atoms with Gasteiger partial charge in [0.25, 0.3) is 5.91 Å². The number of fused-ring (bicyclic) bond motifs is 1. The van der Waals surface area contributed by atoms with Crippen LogP contribution >= 0.6 is 11.8 Å². The van der Waals surface area contributed by atoms with Crippen molar-refractivity contribution >= 4 is 44.0 Å². The van der Waals surface area contributed by atoms with E-state index in [1.807, 2.05) is 29.2 Å². The quantitative estimate of drug-likeness (QED) is 0.721. The van der Waals surface area contributed by atoms with Crippen LogP contribution in [-0.4, -0.2) is 72.9 Å². The van der Waals surface area contributed by atoms with Crippen molar-refractivity contribution in [1.29, 1.82) is 0 Å². The van der Waals surface area contributed by atoms with Crippen molar-refractivity contribution in [2.45, 2.75) is 31.2 Å². The van der Waals surface area contributed by atoms with Crippen LogP contribution in [0.4, 0.5) is 11.4 Å². The van der Waals surface area contributed by atoms with Crippen LogP contribution in [0.2, 0.25) is 0 Å². The second kappa shape index (κ2) is 8.68. The SMILES string of the molecule is Cc1ccc(N2CCN(C(=O)c3ccc(NC4=NC5CS(=O)(=O)CC5S4)cc3)CC2C)cc1. The highest BCUT2D eigenvalue weighted by atomic mass is 32.2. The molecule has 174 valence electrons. The molecule has 5 rings (SSSR count). The van der Waals surface area contributed by atoms with Gasteiger partial charge in [-0.15, -0.1) is 0 Å². The van der Waals surface area contributed by atoms with Crippen LogP contribution in [-0.2, 0) is 9.84 Å². The summed E-state index contributed by atoms with van der Waals surface area (Å²) in [7, 11) is -2.95. The van der Waals surface area contributed by atoms with Gasteiger partial charge in [-0.1, -0.05) is 29.5 Å². The monoisotopic (exact) mass is 484 g/mol. The summed E-state index contributed by atoms with van der Waals surface area (Å²) in [4.78, 5) is 21.9. The number of thioether (sulfide) groups is 1. The number of sulfone groups is 1.